The highest BCUT2D eigenvalue weighted by molar-refractivity contribution is 5.86. The van der Waals surface area contributed by atoms with Crippen LogP contribution in [-0.2, 0) is 13.5 Å². The lowest BCUT2D eigenvalue weighted by Crippen LogP contribution is -2.10. The van der Waals surface area contributed by atoms with Crippen LogP contribution in [0.4, 0.5) is 11.8 Å². The van der Waals surface area contributed by atoms with Gasteiger partial charge >= 0.3 is 0 Å². The highest BCUT2D eigenvalue weighted by Crippen LogP contribution is 2.18. The Morgan fingerprint density at radius 3 is 2.86 bits per heavy atom. The number of fused-ring (bicyclic) bond motifs is 1. The maximum absolute atomic E-state index is 5.93. The number of nitrogen functional groups attached to an aromatic ring is 1. The number of rotatable bonds is 4. The predicted molar refractivity (Wildman–Crippen MR) is 84.1 cm³/mol. The van der Waals surface area contributed by atoms with E-state index in [1.165, 1.54) is 11.1 Å². The van der Waals surface area contributed by atoms with E-state index in [1.54, 1.807) is 10.9 Å². The summed E-state index contributed by atoms with van der Waals surface area (Å²) in [5, 5.41) is 8.15. The molecule has 0 amide bonds. The summed E-state index contributed by atoms with van der Waals surface area (Å²) in [6.07, 6.45) is 2.60. The minimum absolute atomic E-state index is 0.450. The van der Waals surface area contributed by atoms with Crippen LogP contribution >= 0.6 is 0 Å². The predicted octanol–water partition coefficient (Wildman–Crippen LogP) is 1.91. The van der Waals surface area contributed by atoms with E-state index in [-0.39, 0.29) is 0 Å². The lowest BCUT2D eigenvalue weighted by atomic mass is 10.1. The SMILES string of the molecule is Cc1ccccc1CCNc1nc(N)c2cnn(C)c2n1. The molecule has 0 atom stereocenters. The van der Waals surface area contributed by atoms with E-state index < -0.39 is 0 Å². The molecule has 3 N–H and O–H groups in total. The van der Waals surface area contributed by atoms with Gasteiger partial charge in [0, 0.05) is 13.6 Å². The van der Waals surface area contributed by atoms with E-state index in [4.69, 9.17) is 5.73 Å². The Labute approximate surface area is 123 Å². The Bertz CT molecular complexity index is 777. The van der Waals surface area contributed by atoms with Crippen LogP contribution in [0.25, 0.3) is 11.0 Å². The van der Waals surface area contributed by atoms with Crippen LogP contribution in [0.15, 0.2) is 30.5 Å². The Morgan fingerprint density at radius 1 is 1.24 bits per heavy atom. The zero-order chi connectivity index (χ0) is 14.8. The molecule has 3 aromatic rings. The highest BCUT2D eigenvalue weighted by Gasteiger charge is 2.08. The number of nitrogens with two attached hydrogens (primary N) is 1. The van der Waals surface area contributed by atoms with Gasteiger partial charge in [0.2, 0.25) is 5.95 Å². The van der Waals surface area contributed by atoms with Crippen molar-refractivity contribution >= 4 is 22.8 Å². The van der Waals surface area contributed by atoms with E-state index in [0.717, 1.165) is 24.0 Å². The molecule has 0 saturated heterocycles. The van der Waals surface area contributed by atoms with Crippen molar-refractivity contribution in [3.8, 4) is 0 Å². The minimum Gasteiger partial charge on any atom is -0.383 e. The molecular weight excluding hydrogens is 264 g/mol. The Balaban J connectivity index is 1.74. The second-order valence-electron chi connectivity index (χ2n) is 5.04. The van der Waals surface area contributed by atoms with Gasteiger partial charge in [-0.3, -0.25) is 4.68 Å². The summed E-state index contributed by atoms with van der Waals surface area (Å²) < 4.78 is 1.69. The maximum Gasteiger partial charge on any atom is 0.226 e. The first-order chi connectivity index (χ1) is 10.1. The Hall–Kier alpha value is -2.63. The first-order valence-corrected chi connectivity index (χ1v) is 6.89. The van der Waals surface area contributed by atoms with Crippen molar-refractivity contribution in [2.75, 3.05) is 17.6 Å². The molecule has 6 heteroatoms. The number of hydrogen-bond donors (Lipinski definition) is 2. The third kappa shape index (κ3) is 2.65. The molecule has 0 bridgehead atoms. The fourth-order valence-electron chi connectivity index (χ4n) is 2.32. The third-order valence-corrected chi connectivity index (χ3v) is 3.56. The lowest BCUT2D eigenvalue weighted by molar-refractivity contribution is 0.785. The summed E-state index contributed by atoms with van der Waals surface area (Å²) in [5.74, 6) is 0.990. The van der Waals surface area contributed by atoms with Gasteiger partial charge in [-0.2, -0.15) is 15.1 Å². The average Bonchev–Trinajstić information content (AvgIpc) is 2.83. The summed E-state index contributed by atoms with van der Waals surface area (Å²) >= 11 is 0. The molecule has 0 radical (unpaired) electrons. The van der Waals surface area contributed by atoms with Crippen LogP contribution in [0.1, 0.15) is 11.1 Å². The molecule has 0 unspecified atom stereocenters. The number of hydrogen-bond acceptors (Lipinski definition) is 5. The summed E-state index contributed by atoms with van der Waals surface area (Å²) in [6, 6.07) is 8.35. The zero-order valence-electron chi connectivity index (χ0n) is 12.2. The molecule has 0 fully saturated rings. The van der Waals surface area contributed by atoms with Gasteiger partial charge in [0.05, 0.1) is 11.6 Å². The van der Waals surface area contributed by atoms with Gasteiger partial charge in [0.15, 0.2) is 5.65 Å². The fraction of sp³-hybridized carbons (Fsp3) is 0.267. The van der Waals surface area contributed by atoms with E-state index in [2.05, 4.69) is 45.5 Å². The van der Waals surface area contributed by atoms with Crippen LogP contribution in [0.3, 0.4) is 0 Å². The largest absolute Gasteiger partial charge is 0.383 e. The Morgan fingerprint density at radius 2 is 2.05 bits per heavy atom. The standard InChI is InChI=1S/C15H18N6/c1-10-5-3-4-6-11(10)7-8-17-15-19-13(16)12-9-18-21(2)14(12)20-15/h3-6,9H,7-8H2,1-2H3,(H3,16,17,19,20). The second kappa shape index (κ2) is 5.40. The smallest absolute Gasteiger partial charge is 0.226 e. The van der Waals surface area contributed by atoms with E-state index >= 15 is 0 Å². The molecule has 2 aromatic heterocycles. The summed E-state index contributed by atoms with van der Waals surface area (Å²) in [7, 11) is 1.84. The molecule has 0 aliphatic carbocycles. The van der Waals surface area contributed by atoms with Crippen molar-refractivity contribution in [2.24, 2.45) is 7.05 Å². The number of benzene rings is 1. The van der Waals surface area contributed by atoms with Crippen LogP contribution in [-0.4, -0.2) is 26.3 Å². The summed E-state index contributed by atoms with van der Waals surface area (Å²) in [4.78, 5) is 8.72. The number of aryl methyl sites for hydroxylation is 2. The van der Waals surface area contributed by atoms with Crippen LogP contribution in [0.5, 0.6) is 0 Å². The van der Waals surface area contributed by atoms with Gasteiger partial charge in [-0.05, 0) is 24.5 Å². The molecule has 1 aromatic carbocycles. The number of anilines is 2. The molecule has 0 aliphatic heterocycles. The van der Waals surface area contributed by atoms with Gasteiger partial charge in [-0.1, -0.05) is 24.3 Å². The molecule has 0 spiro atoms. The third-order valence-electron chi connectivity index (χ3n) is 3.56. The van der Waals surface area contributed by atoms with Crippen molar-refractivity contribution in [1.29, 1.82) is 0 Å². The minimum atomic E-state index is 0.450. The topological polar surface area (TPSA) is 81.6 Å². The van der Waals surface area contributed by atoms with E-state index in [0.29, 0.717) is 11.8 Å². The molecule has 0 saturated carbocycles. The molecule has 108 valence electrons. The highest BCUT2D eigenvalue weighted by atomic mass is 15.3. The molecule has 6 nitrogen and oxygen atoms in total. The van der Waals surface area contributed by atoms with Gasteiger partial charge < -0.3 is 11.1 Å². The van der Waals surface area contributed by atoms with Crippen LogP contribution in [0, 0.1) is 6.92 Å². The first-order valence-electron chi connectivity index (χ1n) is 6.89. The maximum atomic E-state index is 5.93. The van der Waals surface area contributed by atoms with Crippen LogP contribution < -0.4 is 11.1 Å². The number of nitrogens with one attached hydrogen (secondary N) is 1. The van der Waals surface area contributed by atoms with Gasteiger partial charge in [0.25, 0.3) is 0 Å². The van der Waals surface area contributed by atoms with E-state index in [9.17, 15) is 0 Å². The van der Waals surface area contributed by atoms with Crippen molar-refractivity contribution in [2.45, 2.75) is 13.3 Å². The summed E-state index contributed by atoms with van der Waals surface area (Å²) in [6.45, 7) is 2.87. The zero-order valence-corrected chi connectivity index (χ0v) is 12.2. The Kier molecular flexibility index (Phi) is 3.43. The monoisotopic (exact) mass is 282 g/mol. The number of nitrogens with zero attached hydrogens (tertiary/aromatic N) is 4. The molecule has 0 aliphatic rings. The van der Waals surface area contributed by atoms with Crippen LogP contribution in [0.2, 0.25) is 0 Å². The van der Waals surface area contributed by atoms with Gasteiger partial charge in [0.1, 0.15) is 5.82 Å². The van der Waals surface area contributed by atoms with Gasteiger partial charge in [-0.15, -0.1) is 0 Å². The lowest BCUT2D eigenvalue weighted by Gasteiger charge is -2.08. The van der Waals surface area contributed by atoms with Crippen molar-refractivity contribution in [1.82, 2.24) is 19.7 Å². The number of aromatic nitrogens is 4. The van der Waals surface area contributed by atoms with E-state index in [1.807, 2.05) is 13.1 Å². The van der Waals surface area contributed by atoms with Gasteiger partial charge in [-0.25, -0.2) is 0 Å². The second-order valence-corrected chi connectivity index (χ2v) is 5.04. The van der Waals surface area contributed by atoms with Crippen molar-refractivity contribution in [3.63, 3.8) is 0 Å². The normalized spacial score (nSPS) is 11.0. The van der Waals surface area contributed by atoms with Crippen molar-refractivity contribution < 1.29 is 0 Å². The average molecular weight is 282 g/mol. The molecule has 21 heavy (non-hydrogen) atoms. The fourth-order valence-corrected chi connectivity index (χ4v) is 2.32. The van der Waals surface area contributed by atoms with Crippen molar-refractivity contribution in [3.05, 3.63) is 41.6 Å². The molecule has 3 rings (SSSR count). The molecular formula is C15H18N6. The quantitative estimate of drug-likeness (QED) is 0.764. The first kappa shape index (κ1) is 13.4. The summed E-state index contributed by atoms with van der Waals surface area (Å²) in [5.41, 5.74) is 9.28. The molecule has 2 heterocycles.